The van der Waals surface area contributed by atoms with Crippen molar-refractivity contribution < 1.29 is 14.8 Å². The number of benzene rings is 1. The van der Waals surface area contributed by atoms with Crippen LogP contribution in [-0.2, 0) is 11.8 Å². The van der Waals surface area contributed by atoms with Gasteiger partial charge in [-0.3, -0.25) is 4.57 Å². The minimum Gasteiger partial charge on any atom is -0.508 e. The average Bonchev–Trinajstić information content (AvgIpc) is 2.83. The molecule has 0 aliphatic carbocycles. The second-order valence-corrected chi connectivity index (χ2v) is 5.52. The van der Waals surface area contributed by atoms with Gasteiger partial charge in [0.15, 0.2) is 0 Å². The first kappa shape index (κ1) is 15.3. The summed E-state index contributed by atoms with van der Waals surface area (Å²) < 4.78 is 7.49. The zero-order valence-electron chi connectivity index (χ0n) is 13.0. The molecule has 8 heteroatoms. The van der Waals surface area contributed by atoms with Crippen molar-refractivity contribution in [3.8, 4) is 5.75 Å². The molecule has 0 unspecified atom stereocenters. The van der Waals surface area contributed by atoms with Crippen LogP contribution in [0.3, 0.4) is 0 Å². The van der Waals surface area contributed by atoms with E-state index < -0.39 is 4.92 Å². The van der Waals surface area contributed by atoms with E-state index in [1.165, 1.54) is 0 Å². The molecular formula is C15H18N4O4. The van der Waals surface area contributed by atoms with Crippen molar-refractivity contribution in [1.29, 1.82) is 0 Å². The first-order valence-corrected chi connectivity index (χ1v) is 7.30. The Morgan fingerprint density at radius 3 is 2.96 bits per heavy atom. The van der Waals surface area contributed by atoms with Gasteiger partial charge in [-0.15, -0.1) is 0 Å². The molecule has 1 fully saturated rings. The Labute approximate surface area is 133 Å². The van der Waals surface area contributed by atoms with Crippen molar-refractivity contribution >= 4 is 11.6 Å². The van der Waals surface area contributed by atoms with Crippen molar-refractivity contribution in [2.75, 3.05) is 24.6 Å². The first-order chi connectivity index (χ1) is 11.0. The van der Waals surface area contributed by atoms with Gasteiger partial charge in [-0.05, 0) is 27.6 Å². The highest BCUT2D eigenvalue weighted by atomic mass is 16.6. The lowest BCUT2D eigenvalue weighted by molar-refractivity contribution is -0.388. The van der Waals surface area contributed by atoms with Gasteiger partial charge in [0, 0.05) is 20.5 Å². The summed E-state index contributed by atoms with van der Waals surface area (Å²) in [5.41, 5.74) is 0.844. The van der Waals surface area contributed by atoms with Gasteiger partial charge in [0.2, 0.25) is 11.6 Å². The molecule has 23 heavy (non-hydrogen) atoms. The van der Waals surface area contributed by atoms with Gasteiger partial charge in [0.25, 0.3) is 0 Å². The van der Waals surface area contributed by atoms with E-state index in [1.807, 2.05) is 11.0 Å². The van der Waals surface area contributed by atoms with Crippen LogP contribution in [0.1, 0.15) is 17.5 Å². The number of ether oxygens (including phenoxy) is 1. The smallest absolute Gasteiger partial charge is 0.406 e. The second-order valence-electron chi connectivity index (χ2n) is 5.52. The van der Waals surface area contributed by atoms with E-state index in [0.29, 0.717) is 31.3 Å². The maximum absolute atomic E-state index is 11.3. The number of hydrogen-bond donors (Lipinski definition) is 1. The number of aryl methyl sites for hydroxylation is 1. The molecule has 0 spiro atoms. The number of anilines is 1. The number of aromatic nitrogens is 2. The third-order valence-electron chi connectivity index (χ3n) is 4.05. The molecule has 1 atom stereocenters. The molecule has 1 N–H and O–H groups in total. The standard InChI is InChI=1S/C15H18N4O4/c1-10-16-14(19(21)22)15(17(10)2)18-6-7-23-13(9-18)11-4-3-5-12(20)8-11/h3-5,8,13,20H,6-7,9H2,1-2H3/t13-/m1/s1. The highest BCUT2D eigenvalue weighted by Crippen LogP contribution is 2.33. The van der Waals surface area contributed by atoms with Crippen LogP contribution in [0.25, 0.3) is 0 Å². The lowest BCUT2D eigenvalue weighted by atomic mass is 10.1. The third kappa shape index (κ3) is 2.85. The number of phenolic OH excluding ortho intramolecular Hbond substituents is 1. The van der Waals surface area contributed by atoms with Crippen LogP contribution in [-0.4, -0.2) is 39.3 Å². The molecule has 1 aliphatic rings. The summed E-state index contributed by atoms with van der Waals surface area (Å²) in [5.74, 6) is 1.11. The molecular weight excluding hydrogens is 300 g/mol. The summed E-state index contributed by atoms with van der Waals surface area (Å²) in [6.07, 6.45) is -0.259. The molecule has 0 radical (unpaired) electrons. The Morgan fingerprint density at radius 2 is 2.26 bits per heavy atom. The number of imidazole rings is 1. The van der Waals surface area contributed by atoms with Gasteiger partial charge in [0.1, 0.15) is 11.9 Å². The van der Waals surface area contributed by atoms with Gasteiger partial charge in [-0.25, -0.2) is 0 Å². The Bertz CT molecular complexity index is 743. The van der Waals surface area contributed by atoms with Crippen LogP contribution in [0, 0.1) is 17.0 Å². The summed E-state index contributed by atoms with van der Waals surface area (Å²) in [5, 5.41) is 20.9. The van der Waals surface area contributed by atoms with Crippen molar-refractivity contribution in [3.05, 3.63) is 45.8 Å². The van der Waals surface area contributed by atoms with Gasteiger partial charge in [-0.1, -0.05) is 12.1 Å². The predicted molar refractivity (Wildman–Crippen MR) is 83.6 cm³/mol. The molecule has 3 rings (SSSR count). The molecule has 2 aromatic rings. The van der Waals surface area contributed by atoms with Crippen LogP contribution in [0.5, 0.6) is 5.75 Å². The number of nitro groups is 1. The monoisotopic (exact) mass is 318 g/mol. The van der Waals surface area contributed by atoms with E-state index in [2.05, 4.69) is 4.98 Å². The topological polar surface area (TPSA) is 93.7 Å². The minimum absolute atomic E-state index is 0.137. The number of hydrogen-bond acceptors (Lipinski definition) is 6. The first-order valence-electron chi connectivity index (χ1n) is 7.30. The van der Waals surface area contributed by atoms with Crippen LogP contribution < -0.4 is 4.90 Å². The zero-order valence-corrected chi connectivity index (χ0v) is 13.0. The molecule has 8 nitrogen and oxygen atoms in total. The molecule has 2 heterocycles. The fraction of sp³-hybridized carbons (Fsp3) is 0.400. The molecule has 0 amide bonds. The normalized spacial score (nSPS) is 18.2. The Hall–Kier alpha value is -2.61. The summed E-state index contributed by atoms with van der Waals surface area (Å²) in [4.78, 5) is 16.8. The second kappa shape index (κ2) is 5.88. The summed E-state index contributed by atoms with van der Waals surface area (Å²) in [6.45, 7) is 3.20. The van der Waals surface area contributed by atoms with Gasteiger partial charge >= 0.3 is 5.82 Å². The number of phenols is 1. The van der Waals surface area contributed by atoms with E-state index in [9.17, 15) is 15.2 Å². The Morgan fingerprint density at radius 1 is 1.48 bits per heavy atom. The fourth-order valence-electron chi connectivity index (χ4n) is 2.83. The predicted octanol–water partition coefficient (Wildman–Crippen LogP) is 1.92. The molecule has 1 aromatic heterocycles. The Kier molecular flexibility index (Phi) is 3.91. The van der Waals surface area contributed by atoms with E-state index in [0.717, 1.165) is 5.56 Å². The van der Waals surface area contributed by atoms with Gasteiger partial charge in [-0.2, -0.15) is 0 Å². The highest BCUT2D eigenvalue weighted by molar-refractivity contribution is 5.56. The van der Waals surface area contributed by atoms with E-state index >= 15 is 0 Å². The summed E-state index contributed by atoms with van der Waals surface area (Å²) >= 11 is 0. The van der Waals surface area contributed by atoms with Crippen LogP contribution in [0.4, 0.5) is 11.6 Å². The quantitative estimate of drug-likeness (QED) is 0.686. The summed E-state index contributed by atoms with van der Waals surface area (Å²) in [7, 11) is 1.77. The summed E-state index contributed by atoms with van der Waals surface area (Å²) in [6, 6.07) is 6.87. The SMILES string of the molecule is Cc1nc([N+](=O)[O-])c(N2CCO[C@@H](c3cccc(O)c3)C2)n1C. The van der Waals surface area contributed by atoms with E-state index in [-0.39, 0.29) is 17.7 Å². The van der Waals surface area contributed by atoms with Crippen molar-refractivity contribution in [2.45, 2.75) is 13.0 Å². The average molecular weight is 318 g/mol. The molecule has 1 aliphatic heterocycles. The Balaban J connectivity index is 1.91. The van der Waals surface area contributed by atoms with Crippen molar-refractivity contribution in [1.82, 2.24) is 9.55 Å². The zero-order chi connectivity index (χ0) is 16.6. The lowest BCUT2D eigenvalue weighted by Gasteiger charge is -2.34. The number of aromatic hydroxyl groups is 1. The minimum atomic E-state index is -0.457. The van der Waals surface area contributed by atoms with Crippen molar-refractivity contribution in [3.63, 3.8) is 0 Å². The number of rotatable bonds is 3. The maximum Gasteiger partial charge on any atom is 0.406 e. The molecule has 1 aromatic carbocycles. The number of nitrogens with zero attached hydrogens (tertiary/aromatic N) is 4. The van der Waals surface area contributed by atoms with Crippen LogP contribution in [0.2, 0.25) is 0 Å². The molecule has 122 valence electrons. The van der Waals surface area contributed by atoms with E-state index in [4.69, 9.17) is 4.74 Å². The maximum atomic E-state index is 11.3. The van der Waals surface area contributed by atoms with Crippen molar-refractivity contribution in [2.24, 2.45) is 7.05 Å². The molecule has 0 bridgehead atoms. The fourth-order valence-corrected chi connectivity index (χ4v) is 2.83. The largest absolute Gasteiger partial charge is 0.508 e. The number of morpholine rings is 1. The molecule has 0 saturated carbocycles. The lowest BCUT2D eigenvalue weighted by Crippen LogP contribution is -2.39. The van der Waals surface area contributed by atoms with Gasteiger partial charge < -0.3 is 24.9 Å². The van der Waals surface area contributed by atoms with Gasteiger partial charge in [0.05, 0.1) is 13.2 Å². The van der Waals surface area contributed by atoms with Crippen LogP contribution in [0.15, 0.2) is 24.3 Å². The van der Waals surface area contributed by atoms with E-state index in [1.54, 1.807) is 36.7 Å². The van der Waals surface area contributed by atoms with Crippen LogP contribution >= 0.6 is 0 Å². The molecule has 1 saturated heterocycles. The highest BCUT2D eigenvalue weighted by Gasteiger charge is 2.32. The third-order valence-corrected chi connectivity index (χ3v) is 4.05.